The summed E-state index contributed by atoms with van der Waals surface area (Å²) in [6.45, 7) is 10.1. The zero-order valence-corrected chi connectivity index (χ0v) is 21.9. The summed E-state index contributed by atoms with van der Waals surface area (Å²) in [5.41, 5.74) is 3.15. The normalized spacial score (nSPS) is 12.2. The van der Waals surface area contributed by atoms with Crippen LogP contribution in [-0.4, -0.2) is 39.0 Å². The molecule has 1 aromatic heterocycles. The predicted octanol–water partition coefficient (Wildman–Crippen LogP) is 4.83. The molecular weight excluding hydrogens is 466 g/mol. The molecule has 1 N–H and O–H groups in total. The van der Waals surface area contributed by atoms with E-state index in [2.05, 4.69) is 15.6 Å². The highest BCUT2D eigenvalue weighted by atomic mass is 16.5. The fourth-order valence-electron chi connectivity index (χ4n) is 4.26. The van der Waals surface area contributed by atoms with Crippen LogP contribution < -0.4 is 15.0 Å². The number of amides is 2. The van der Waals surface area contributed by atoms with Crippen LogP contribution in [0.5, 0.6) is 5.75 Å². The van der Waals surface area contributed by atoms with Crippen LogP contribution in [-0.2, 0) is 16.1 Å². The highest BCUT2D eigenvalue weighted by Gasteiger charge is 2.35. The van der Waals surface area contributed by atoms with E-state index in [-0.39, 0.29) is 18.4 Å². The second-order valence-electron chi connectivity index (χ2n) is 9.93. The summed E-state index contributed by atoms with van der Waals surface area (Å²) in [7, 11) is 0. The Kier molecular flexibility index (Phi) is 7.57. The lowest BCUT2D eigenvalue weighted by Gasteiger charge is -2.34. The second kappa shape index (κ2) is 10.8. The van der Waals surface area contributed by atoms with Gasteiger partial charge in [0.15, 0.2) is 0 Å². The molecule has 1 heterocycles. The van der Waals surface area contributed by atoms with Gasteiger partial charge in [-0.25, -0.2) is 4.68 Å². The maximum absolute atomic E-state index is 14.1. The Labute approximate surface area is 217 Å². The molecule has 0 fully saturated rings. The zero-order valence-electron chi connectivity index (χ0n) is 21.9. The molecule has 0 aliphatic carbocycles. The first kappa shape index (κ1) is 25.9. The quantitative estimate of drug-likeness (QED) is 0.375. The van der Waals surface area contributed by atoms with E-state index in [9.17, 15) is 9.59 Å². The van der Waals surface area contributed by atoms with E-state index < -0.39 is 11.6 Å². The molecule has 0 aliphatic rings. The molecule has 2 amide bonds. The van der Waals surface area contributed by atoms with Crippen LogP contribution in [0.25, 0.3) is 11.0 Å². The maximum Gasteiger partial charge on any atom is 0.249 e. The Morgan fingerprint density at radius 2 is 1.68 bits per heavy atom. The Morgan fingerprint density at radius 3 is 2.35 bits per heavy atom. The molecular formula is C29H33N5O3. The van der Waals surface area contributed by atoms with Gasteiger partial charge in [0.25, 0.3) is 0 Å². The standard InChI is InChI=1S/C29H33N5O3/c1-6-37-22-17-15-21(16-18-22)27(28(36)30-29(3,4)5)34(24-13-9-7-11-20(24)2)26(35)19-33-25-14-10-8-12-23(25)31-32-33/h7-18,27H,6,19H2,1-5H3,(H,30,36)/t27-/m0/s1. The average molecular weight is 500 g/mol. The molecule has 4 aromatic rings. The van der Waals surface area contributed by atoms with Crippen LogP contribution in [0.4, 0.5) is 5.69 Å². The van der Waals surface area contributed by atoms with Gasteiger partial charge < -0.3 is 10.1 Å². The number of fused-ring (bicyclic) bond motifs is 1. The van der Waals surface area contributed by atoms with Gasteiger partial charge in [-0.2, -0.15) is 0 Å². The van der Waals surface area contributed by atoms with Gasteiger partial charge in [-0.15, -0.1) is 5.10 Å². The van der Waals surface area contributed by atoms with Crippen molar-refractivity contribution >= 4 is 28.5 Å². The van der Waals surface area contributed by atoms with Gasteiger partial charge in [0.2, 0.25) is 11.8 Å². The van der Waals surface area contributed by atoms with Crippen molar-refractivity contribution < 1.29 is 14.3 Å². The summed E-state index contributed by atoms with van der Waals surface area (Å²) >= 11 is 0. The fourth-order valence-corrected chi connectivity index (χ4v) is 4.26. The highest BCUT2D eigenvalue weighted by molar-refractivity contribution is 6.02. The largest absolute Gasteiger partial charge is 0.494 e. The van der Waals surface area contributed by atoms with Crippen LogP contribution in [0, 0.1) is 6.92 Å². The summed E-state index contributed by atoms with van der Waals surface area (Å²) in [4.78, 5) is 29.5. The Morgan fingerprint density at radius 1 is 1.00 bits per heavy atom. The number of benzene rings is 3. The summed E-state index contributed by atoms with van der Waals surface area (Å²) in [6, 6.07) is 21.4. The van der Waals surface area contributed by atoms with Gasteiger partial charge in [-0.1, -0.05) is 47.7 Å². The summed E-state index contributed by atoms with van der Waals surface area (Å²) in [5.74, 6) is 0.133. The molecule has 4 rings (SSSR count). The molecule has 37 heavy (non-hydrogen) atoms. The molecule has 0 aliphatic heterocycles. The van der Waals surface area contributed by atoms with Crippen molar-refractivity contribution in [3.8, 4) is 5.75 Å². The van der Waals surface area contributed by atoms with E-state index in [1.807, 2.05) is 107 Å². The van der Waals surface area contributed by atoms with Crippen molar-refractivity contribution in [2.75, 3.05) is 11.5 Å². The van der Waals surface area contributed by atoms with E-state index >= 15 is 0 Å². The van der Waals surface area contributed by atoms with Gasteiger partial charge >= 0.3 is 0 Å². The average Bonchev–Trinajstić information content (AvgIpc) is 3.25. The number of ether oxygens (including phenoxy) is 1. The van der Waals surface area contributed by atoms with E-state index in [4.69, 9.17) is 4.74 Å². The van der Waals surface area contributed by atoms with Crippen LogP contribution in [0.15, 0.2) is 72.8 Å². The van der Waals surface area contributed by atoms with Gasteiger partial charge in [-0.3, -0.25) is 14.5 Å². The topological polar surface area (TPSA) is 89.4 Å². The molecule has 3 aromatic carbocycles. The van der Waals surface area contributed by atoms with E-state index in [0.29, 0.717) is 29.1 Å². The molecule has 192 valence electrons. The molecule has 0 bridgehead atoms. The van der Waals surface area contributed by atoms with Gasteiger partial charge in [-0.05, 0) is 76.1 Å². The van der Waals surface area contributed by atoms with Crippen LogP contribution in [0.1, 0.15) is 44.9 Å². The molecule has 0 spiro atoms. The van der Waals surface area contributed by atoms with E-state index in [1.165, 1.54) is 0 Å². The Balaban J connectivity index is 1.82. The van der Waals surface area contributed by atoms with Crippen molar-refractivity contribution in [1.29, 1.82) is 0 Å². The Bertz CT molecular complexity index is 1390. The minimum Gasteiger partial charge on any atom is -0.494 e. The molecule has 0 unspecified atom stereocenters. The number of aryl methyl sites for hydroxylation is 1. The lowest BCUT2D eigenvalue weighted by Crippen LogP contribution is -2.50. The molecule has 8 nitrogen and oxygen atoms in total. The molecule has 1 atom stereocenters. The lowest BCUT2D eigenvalue weighted by molar-refractivity contribution is -0.128. The van der Waals surface area contributed by atoms with Crippen LogP contribution in [0.3, 0.4) is 0 Å². The second-order valence-corrected chi connectivity index (χ2v) is 9.93. The maximum atomic E-state index is 14.1. The zero-order chi connectivity index (χ0) is 26.6. The first-order valence-corrected chi connectivity index (χ1v) is 12.4. The number of nitrogens with one attached hydrogen (secondary N) is 1. The summed E-state index contributed by atoms with van der Waals surface area (Å²) in [6.07, 6.45) is 0. The number of carbonyl (C=O) groups is 2. The van der Waals surface area contributed by atoms with E-state index in [0.717, 1.165) is 11.1 Å². The van der Waals surface area contributed by atoms with Crippen LogP contribution in [0.2, 0.25) is 0 Å². The van der Waals surface area contributed by atoms with Crippen LogP contribution >= 0.6 is 0 Å². The smallest absolute Gasteiger partial charge is 0.249 e. The van der Waals surface area contributed by atoms with Crippen molar-refractivity contribution in [1.82, 2.24) is 20.3 Å². The third-order valence-corrected chi connectivity index (χ3v) is 5.86. The fraction of sp³-hybridized carbons (Fsp3) is 0.310. The number of para-hydroxylation sites is 2. The number of aromatic nitrogens is 3. The van der Waals surface area contributed by atoms with Crippen molar-refractivity contribution in [3.05, 3.63) is 83.9 Å². The SMILES string of the molecule is CCOc1ccc([C@@H](C(=O)NC(C)(C)C)N(C(=O)Cn2nnc3ccccc32)c2ccccc2C)cc1. The molecule has 0 radical (unpaired) electrons. The van der Waals surface area contributed by atoms with E-state index in [1.54, 1.807) is 9.58 Å². The van der Waals surface area contributed by atoms with Gasteiger partial charge in [0, 0.05) is 11.2 Å². The van der Waals surface area contributed by atoms with Gasteiger partial charge in [0.05, 0.1) is 12.1 Å². The third-order valence-electron chi connectivity index (χ3n) is 5.86. The number of rotatable bonds is 8. The number of hydrogen-bond acceptors (Lipinski definition) is 5. The number of nitrogens with zero attached hydrogens (tertiary/aromatic N) is 4. The number of anilines is 1. The first-order valence-electron chi connectivity index (χ1n) is 12.4. The monoisotopic (exact) mass is 499 g/mol. The van der Waals surface area contributed by atoms with Crippen molar-refractivity contribution in [2.45, 2.75) is 52.7 Å². The molecule has 0 saturated carbocycles. The number of hydrogen-bond donors (Lipinski definition) is 1. The minimum atomic E-state index is -0.918. The van der Waals surface area contributed by atoms with Crippen molar-refractivity contribution in [2.24, 2.45) is 0 Å². The number of carbonyl (C=O) groups excluding carboxylic acids is 2. The Hall–Kier alpha value is -4.20. The highest BCUT2D eigenvalue weighted by Crippen LogP contribution is 2.32. The first-order chi connectivity index (χ1) is 17.7. The third kappa shape index (κ3) is 5.97. The minimum absolute atomic E-state index is 0.0782. The van der Waals surface area contributed by atoms with Crippen molar-refractivity contribution in [3.63, 3.8) is 0 Å². The summed E-state index contributed by atoms with van der Waals surface area (Å²) in [5, 5.41) is 11.5. The summed E-state index contributed by atoms with van der Waals surface area (Å²) < 4.78 is 7.17. The van der Waals surface area contributed by atoms with Gasteiger partial charge in [0.1, 0.15) is 23.9 Å². The molecule has 8 heteroatoms. The lowest BCUT2D eigenvalue weighted by atomic mass is 9.99. The molecule has 0 saturated heterocycles. The predicted molar refractivity (Wildman–Crippen MR) is 144 cm³/mol.